The number of carbonyl (C=O) groups is 2. The Balaban J connectivity index is 0.000000333. The molecule has 0 spiro atoms. The molecule has 4 heterocycles. The van der Waals surface area contributed by atoms with E-state index in [0.717, 1.165) is 31.4 Å². The summed E-state index contributed by atoms with van der Waals surface area (Å²) in [7, 11) is 1.51. The molecular weight excluding hydrogens is 526 g/mol. The van der Waals surface area contributed by atoms with Crippen LogP contribution in [0, 0.1) is 0 Å². The van der Waals surface area contributed by atoms with Gasteiger partial charge in [-0.2, -0.15) is 5.10 Å². The quantitative estimate of drug-likeness (QED) is 0.457. The van der Waals surface area contributed by atoms with Gasteiger partial charge in [0.25, 0.3) is 5.91 Å². The number of ether oxygens (including phenoxy) is 3. The van der Waals surface area contributed by atoms with Gasteiger partial charge in [0.2, 0.25) is 5.91 Å². The molecule has 5 rings (SSSR count). The number of nitrogens with one attached hydrogen (secondary N) is 2. The summed E-state index contributed by atoms with van der Waals surface area (Å²) in [6.45, 7) is 1.96. The number of hydrogen-bond donors (Lipinski definition) is 2. The lowest BCUT2D eigenvalue weighted by atomic mass is 10.1. The molecule has 0 bridgehead atoms. The molecule has 3 aromatic rings. The van der Waals surface area contributed by atoms with Crippen molar-refractivity contribution in [1.82, 2.24) is 19.7 Å². The second-order valence-electron chi connectivity index (χ2n) is 9.19. The summed E-state index contributed by atoms with van der Waals surface area (Å²) in [5, 5.41) is 7.65. The number of halogens is 1. The van der Waals surface area contributed by atoms with E-state index in [9.17, 15) is 14.4 Å². The Hall–Kier alpha value is -3.83. The fraction of sp³-hybridized carbons (Fsp3) is 0.407. The number of amides is 2. The van der Waals surface area contributed by atoms with Gasteiger partial charge in [-0.1, -0.05) is 11.6 Å². The number of hydrogen-bond acceptors (Lipinski definition) is 7. The molecule has 2 amide bonds. The lowest BCUT2D eigenvalue weighted by Gasteiger charge is -2.33. The first kappa shape index (κ1) is 28.2. The van der Waals surface area contributed by atoms with Gasteiger partial charge >= 0.3 is 0 Å². The number of nitrogens with zero attached hydrogens (tertiary/aromatic N) is 3. The molecule has 2 atom stereocenters. The molecule has 2 aliphatic rings. The van der Waals surface area contributed by atoms with E-state index < -0.39 is 6.10 Å². The number of benzene rings is 1. The second kappa shape index (κ2) is 13.8. The second-order valence-corrected chi connectivity index (χ2v) is 9.62. The summed E-state index contributed by atoms with van der Waals surface area (Å²) in [5.74, 6) is 1.04. The predicted molar refractivity (Wildman–Crippen MR) is 145 cm³/mol. The zero-order chi connectivity index (χ0) is 27.6. The Labute approximate surface area is 231 Å². The molecule has 2 N–H and O–H groups in total. The number of likely N-dealkylation sites (tertiary alicyclic amines) is 1. The number of pyridine rings is 1. The van der Waals surface area contributed by atoms with Gasteiger partial charge in [0.1, 0.15) is 24.5 Å². The number of H-pyrrole nitrogens is 1. The number of rotatable bonds is 7. The summed E-state index contributed by atoms with van der Waals surface area (Å²) in [5.41, 5.74) is 0.511. The topological polar surface area (TPSA) is 128 Å². The minimum atomic E-state index is -0.402. The van der Waals surface area contributed by atoms with E-state index in [2.05, 4.69) is 15.4 Å². The smallest absolute Gasteiger partial charge is 0.253 e. The average Bonchev–Trinajstić information content (AvgIpc) is 3.63. The van der Waals surface area contributed by atoms with Crippen LogP contribution in [0.4, 0.5) is 5.69 Å². The van der Waals surface area contributed by atoms with Crippen LogP contribution in [0.1, 0.15) is 25.7 Å². The molecule has 2 fully saturated rings. The largest absolute Gasteiger partial charge is 0.489 e. The highest BCUT2D eigenvalue weighted by Crippen LogP contribution is 2.21. The zero-order valence-electron chi connectivity index (χ0n) is 21.7. The molecule has 39 heavy (non-hydrogen) atoms. The molecule has 0 aliphatic carbocycles. The third-order valence-electron chi connectivity index (χ3n) is 6.23. The molecule has 0 radical (unpaired) electrons. The van der Waals surface area contributed by atoms with Gasteiger partial charge in [0, 0.05) is 42.7 Å². The zero-order valence-corrected chi connectivity index (χ0v) is 22.4. The van der Waals surface area contributed by atoms with Gasteiger partial charge in [-0.05, 0) is 49.9 Å². The van der Waals surface area contributed by atoms with Crippen LogP contribution in [0.5, 0.6) is 11.6 Å². The molecule has 2 saturated heterocycles. The number of aromatic amines is 1. The van der Waals surface area contributed by atoms with E-state index in [4.69, 9.17) is 25.8 Å². The average molecular weight is 558 g/mol. The predicted octanol–water partition coefficient (Wildman–Crippen LogP) is 3.11. The minimum Gasteiger partial charge on any atom is -0.489 e. The number of aromatic nitrogens is 3. The van der Waals surface area contributed by atoms with Crippen LogP contribution in [0.15, 0.2) is 59.8 Å². The summed E-state index contributed by atoms with van der Waals surface area (Å²) >= 11 is 5.91. The van der Waals surface area contributed by atoms with Crippen molar-refractivity contribution >= 4 is 29.1 Å². The van der Waals surface area contributed by atoms with Crippen molar-refractivity contribution in [3.05, 3.63) is 70.2 Å². The molecule has 0 saturated carbocycles. The molecule has 2 aliphatic heterocycles. The SMILES string of the molecule is COc1cc(=O)cc[nH]1.O=C(Nc1cnn(CC(=O)N2CCCC(Oc3ccc(Cl)cc3)C2)c1)C1CCCO1. The normalized spacial score (nSPS) is 18.6. The van der Waals surface area contributed by atoms with Gasteiger partial charge in [0.05, 0.1) is 25.5 Å². The van der Waals surface area contributed by atoms with Gasteiger partial charge in [-0.15, -0.1) is 0 Å². The van der Waals surface area contributed by atoms with Crippen LogP contribution in [-0.4, -0.2) is 70.5 Å². The van der Waals surface area contributed by atoms with E-state index in [-0.39, 0.29) is 29.9 Å². The molecule has 11 nitrogen and oxygen atoms in total. The van der Waals surface area contributed by atoms with Crippen LogP contribution in [0.25, 0.3) is 0 Å². The Kier molecular flexibility index (Phi) is 9.98. The highest BCUT2D eigenvalue weighted by molar-refractivity contribution is 6.30. The number of piperidine rings is 1. The van der Waals surface area contributed by atoms with Crippen LogP contribution in [-0.2, 0) is 20.9 Å². The maximum atomic E-state index is 12.7. The molecular formula is C27H32ClN5O6. The summed E-state index contributed by atoms with van der Waals surface area (Å²) in [4.78, 5) is 40.0. The first-order valence-electron chi connectivity index (χ1n) is 12.8. The summed E-state index contributed by atoms with van der Waals surface area (Å²) < 4.78 is 17.7. The fourth-order valence-corrected chi connectivity index (χ4v) is 4.40. The Morgan fingerprint density at radius 2 is 2.03 bits per heavy atom. The molecule has 208 valence electrons. The summed E-state index contributed by atoms with van der Waals surface area (Å²) in [6, 6.07) is 10.1. The Bertz CT molecular complexity index is 1290. The van der Waals surface area contributed by atoms with Crippen molar-refractivity contribution in [2.45, 2.75) is 44.4 Å². The van der Waals surface area contributed by atoms with Gasteiger partial charge in [-0.25, -0.2) is 0 Å². The van der Waals surface area contributed by atoms with Crippen molar-refractivity contribution in [3.8, 4) is 11.6 Å². The van der Waals surface area contributed by atoms with Crippen LogP contribution in [0.3, 0.4) is 0 Å². The van der Waals surface area contributed by atoms with Crippen molar-refractivity contribution in [1.29, 1.82) is 0 Å². The maximum Gasteiger partial charge on any atom is 0.253 e. The van der Waals surface area contributed by atoms with E-state index >= 15 is 0 Å². The van der Waals surface area contributed by atoms with Gasteiger partial charge in [-0.3, -0.25) is 19.1 Å². The van der Waals surface area contributed by atoms with Crippen molar-refractivity contribution in [2.24, 2.45) is 0 Å². The Morgan fingerprint density at radius 3 is 2.72 bits per heavy atom. The van der Waals surface area contributed by atoms with E-state index in [1.165, 1.54) is 23.9 Å². The van der Waals surface area contributed by atoms with Crippen LogP contribution >= 0.6 is 11.6 Å². The minimum absolute atomic E-state index is 0.0282. The maximum absolute atomic E-state index is 12.7. The lowest BCUT2D eigenvalue weighted by Crippen LogP contribution is -2.45. The number of carbonyl (C=O) groups excluding carboxylic acids is 2. The van der Waals surface area contributed by atoms with Crippen LogP contribution in [0.2, 0.25) is 5.02 Å². The number of anilines is 1. The highest BCUT2D eigenvalue weighted by Gasteiger charge is 2.26. The fourth-order valence-electron chi connectivity index (χ4n) is 4.27. The van der Waals surface area contributed by atoms with E-state index in [1.54, 1.807) is 35.6 Å². The molecule has 12 heteroatoms. The first-order chi connectivity index (χ1) is 18.9. The van der Waals surface area contributed by atoms with E-state index in [1.807, 2.05) is 12.1 Å². The van der Waals surface area contributed by atoms with Crippen molar-refractivity contribution in [3.63, 3.8) is 0 Å². The Morgan fingerprint density at radius 1 is 1.21 bits per heavy atom. The highest BCUT2D eigenvalue weighted by atomic mass is 35.5. The number of methoxy groups -OCH3 is 1. The third-order valence-corrected chi connectivity index (χ3v) is 6.49. The molecule has 2 aromatic heterocycles. The monoisotopic (exact) mass is 557 g/mol. The summed E-state index contributed by atoms with van der Waals surface area (Å²) in [6.07, 6.45) is 7.69. The van der Waals surface area contributed by atoms with Crippen LogP contribution < -0.4 is 20.2 Å². The standard InChI is InChI=1S/C21H25ClN4O4.C6H7NO2/c22-15-5-7-17(8-6-15)30-18-3-1-9-25(13-18)20(27)14-26-12-16(11-23-26)24-21(28)19-4-2-10-29-19;1-9-6-4-5(8)2-3-7-6/h5-8,11-12,18-19H,1-4,9-10,13-14H2,(H,24,28);2-4H,1H3,(H,7,8). The van der Waals surface area contributed by atoms with E-state index in [0.29, 0.717) is 36.3 Å². The lowest BCUT2D eigenvalue weighted by molar-refractivity contribution is -0.134. The van der Waals surface area contributed by atoms with Crippen molar-refractivity contribution < 1.29 is 23.8 Å². The first-order valence-corrected chi connectivity index (χ1v) is 13.1. The van der Waals surface area contributed by atoms with Gasteiger partial charge < -0.3 is 29.4 Å². The van der Waals surface area contributed by atoms with Gasteiger partial charge in [0.15, 0.2) is 11.3 Å². The third kappa shape index (κ3) is 8.59. The molecule has 2 unspecified atom stereocenters. The molecule has 1 aromatic carbocycles. The van der Waals surface area contributed by atoms with Crippen molar-refractivity contribution in [2.75, 3.05) is 32.1 Å².